The van der Waals surface area contributed by atoms with Gasteiger partial charge in [0.1, 0.15) is 15.7 Å². The maximum Gasteiger partial charge on any atom is 0.267 e. The fourth-order valence-corrected chi connectivity index (χ4v) is 4.88. The largest absolute Gasteiger partial charge is 0.330 e. The summed E-state index contributed by atoms with van der Waals surface area (Å²) in [5, 5.41) is 7.97. The quantitative estimate of drug-likeness (QED) is 0.427. The van der Waals surface area contributed by atoms with Crippen LogP contribution in [0.4, 0.5) is 5.69 Å². The Kier molecular flexibility index (Phi) is 5.60. The lowest BCUT2D eigenvalue weighted by Gasteiger charge is -2.11. The summed E-state index contributed by atoms with van der Waals surface area (Å²) < 4.78 is 2.14. The van der Waals surface area contributed by atoms with Crippen molar-refractivity contribution >= 4 is 34.3 Å². The molecular weight excluding hydrogens is 400 g/mol. The Morgan fingerprint density at radius 1 is 1.28 bits per heavy atom. The lowest BCUT2D eigenvalue weighted by molar-refractivity contribution is 0.103. The molecule has 5 nitrogen and oxygen atoms in total. The van der Waals surface area contributed by atoms with Gasteiger partial charge in [0.25, 0.3) is 5.91 Å². The molecule has 0 radical (unpaired) electrons. The molecule has 1 N–H and O–H groups in total. The Bertz CT molecular complexity index is 1130. The molecule has 1 aromatic carbocycles. The van der Waals surface area contributed by atoms with Crippen LogP contribution in [0.15, 0.2) is 53.5 Å². The standard InChI is InChI=1S/C22H22N4OS2/c1-14(2)20-23-8-9-26(20)12-16-5-4-6-18(11-16)25-21(27)19-15(3)24-22(29-19)17-7-10-28-13-17/h4-11,13-14H,12H2,1-3H3,(H,25,27). The summed E-state index contributed by atoms with van der Waals surface area (Å²) in [6.45, 7) is 6.87. The van der Waals surface area contributed by atoms with Crippen LogP contribution in [0.25, 0.3) is 10.6 Å². The minimum absolute atomic E-state index is 0.121. The predicted octanol–water partition coefficient (Wildman–Crippen LogP) is 5.80. The number of aromatic nitrogens is 3. The maximum atomic E-state index is 12.8. The number of amides is 1. The first-order chi connectivity index (χ1) is 14.0. The van der Waals surface area contributed by atoms with Crippen molar-refractivity contribution in [2.45, 2.75) is 33.2 Å². The summed E-state index contributed by atoms with van der Waals surface area (Å²) in [6.07, 6.45) is 3.83. The average Bonchev–Trinajstić information content (AvgIpc) is 3.42. The Morgan fingerprint density at radius 3 is 2.90 bits per heavy atom. The maximum absolute atomic E-state index is 12.8. The lowest BCUT2D eigenvalue weighted by atomic mass is 10.1. The lowest BCUT2D eigenvalue weighted by Crippen LogP contribution is -2.12. The average molecular weight is 423 g/mol. The fraction of sp³-hybridized carbons (Fsp3) is 0.227. The van der Waals surface area contributed by atoms with E-state index in [2.05, 4.69) is 39.8 Å². The Balaban J connectivity index is 1.51. The monoisotopic (exact) mass is 422 g/mol. The van der Waals surface area contributed by atoms with E-state index in [4.69, 9.17) is 0 Å². The molecule has 0 unspecified atom stereocenters. The highest BCUT2D eigenvalue weighted by molar-refractivity contribution is 7.17. The summed E-state index contributed by atoms with van der Waals surface area (Å²) in [5.74, 6) is 1.30. The van der Waals surface area contributed by atoms with Crippen LogP contribution < -0.4 is 5.32 Å². The fourth-order valence-electron chi connectivity index (χ4n) is 3.20. The third-order valence-corrected chi connectivity index (χ3v) is 6.46. The zero-order chi connectivity index (χ0) is 20.4. The van der Waals surface area contributed by atoms with Crippen LogP contribution in [0.5, 0.6) is 0 Å². The van der Waals surface area contributed by atoms with Crippen LogP contribution >= 0.6 is 22.7 Å². The van der Waals surface area contributed by atoms with Crippen LogP contribution in [0.2, 0.25) is 0 Å². The molecule has 0 aliphatic carbocycles. The number of thiophene rings is 1. The van der Waals surface area contributed by atoms with E-state index in [0.717, 1.165) is 39.9 Å². The topological polar surface area (TPSA) is 59.8 Å². The summed E-state index contributed by atoms with van der Waals surface area (Å²) in [7, 11) is 0. The van der Waals surface area contributed by atoms with Crippen molar-refractivity contribution in [2.75, 3.05) is 5.32 Å². The number of anilines is 1. The van der Waals surface area contributed by atoms with Gasteiger partial charge in [-0.3, -0.25) is 4.79 Å². The first-order valence-corrected chi connectivity index (χ1v) is 11.2. The molecule has 4 rings (SSSR count). The van der Waals surface area contributed by atoms with Crippen molar-refractivity contribution in [3.05, 3.63) is 75.4 Å². The molecule has 0 spiro atoms. The van der Waals surface area contributed by atoms with Gasteiger partial charge >= 0.3 is 0 Å². The first kappa shape index (κ1) is 19.5. The van der Waals surface area contributed by atoms with Gasteiger partial charge in [-0.2, -0.15) is 11.3 Å². The number of nitrogens with zero attached hydrogens (tertiary/aromatic N) is 3. The molecule has 7 heteroatoms. The molecule has 0 aliphatic rings. The van der Waals surface area contributed by atoms with Crippen LogP contribution in [-0.2, 0) is 6.54 Å². The second-order valence-electron chi connectivity index (χ2n) is 7.17. The SMILES string of the molecule is Cc1nc(-c2ccsc2)sc1C(=O)Nc1cccc(Cn2ccnc2C(C)C)c1. The number of aryl methyl sites for hydroxylation is 1. The van der Waals surface area contributed by atoms with Crippen LogP contribution in [0.3, 0.4) is 0 Å². The highest BCUT2D eigenvalue weighted by Crippen LogP contribution is 2.30. The van der Waals surface area contributed by atoms with E-state index in [1.54, 1.807) is 11.3 Å². The highest BCUT2D eigenvalue weighted by Gasteiger charge is 2.17. The van der Waals surface area contributed by atoms with Crippen molar-refractivity contribution in [3.8, 4) is 10.6 Å². The van der Waals surface area contributed by atoms with E-state index >= 15 is 0 Å². The number of carbonyl (C=O) groups is 1. The molecule has 29 heavy (non-hydrogen) atoms. The normalized spacial score (nSPS) is 11.2. The van der Waals surface area contributed by atoms with Gasteiger partial charge in [0.05, 0.1) is 5.69 Å². The van der Waals surface area contributed by atoms with E-state index in [0.29, 0.717) is 10.8 Å². The molecule has 0 saturated carbocycles. The van der Waals surface area contributed by atoms with Crippen molar-refractivity contribution < 1.29 is 4.79 Å². The summed E-state index contributed by atoms with van der Waals surface area (Å²) in [6, 6.07) is 9.97. The molecular formula is C22H22N4OS2. The van der Waals surface area contributed by atoms with Crippen molar-refractivity contribution in [1.29, 1.82) is 0 Å². The van der Waals surface area contributed by atoms with Crippen LogP contribution in [0.1, 0.15) is 46.5 Å². The number of benzene rings is 1. The molecule has 0 aliphatic heterocycles. The van der Waals surface area contributed by atoms with E-state index in [1.807, 2.05) is 54.3 Å². The molecule has 0 fully saturated rings. The zero-order valence-corrected chi connectivity index (χ0v) is 18.2. The smallest absolute Gasteiger partial charge is 0.267 e. The number of rotatable bonds is 6. The van der Waals surface area contributed by atoms with Gasteiger partial charge in [0.2, 0.25) is 0 Å². The molecule has 1 amide bonds. The van der Waals surface area contributed by atoms with E-state index < -0.39 is 0 Å². The van der Waals surface area contributed by atoms with Gasteiger partial charge in [-0.05, 0) is 36.1 Å². The molecule has 0 saturated heterocycles. The predicted molar refractivity (Wildman–Crippen MR) is 120 cm³/mol. The van der Waals surface area contributed by atoms with E-state index in [-0.39, 0.29) is 5.91 Å². The number of nitrogens with one attached hydrogen (secondary N) is 1. The van der Waals surface area contributed by atoms with Crippen molar-refractivity contribution in [3.63, 3.8) is 0 Å². The first-order valence-electron chi connectivity index (χ1n) is 9.42. The molecule has 3 aromatic heterocycles. The van der Waals surface area contributed by atoms with Gasteiger partial charge in [0, 0.05) is 41.5 Å². The summed E-state index contributed by atoms with van der Waals surface area (Å²) in [4.78, 5) is 22.5. The van der Waals surface area contributed by atoms with E-state index in [1.165, 1.54) is 11.3 Å². The molecule has 4 aromatic rings. The summed E-state index contributed by atoms with van der Waals surface area (Å²) in [5.41, 5.74) is 3.71. The second kappa shape index (κ2) is 8.31. The van der Waals surface area contributed by atoms with Gasteiger partial charge in [-0.15, -0.1) is 11.3 Å². The van der Waals surface area contributed by atoms with Gasteiger partial charge in [-0.25, -0.2) is 9.97 Å². The van der Waals surface area contributed by atoms with Crippen LogP contribution in [-0.4, -0.2) is 20.4 Å². The molecule has 148 valence electrons. The van der Waals surface area contributed by atoms with Gasteiger partial charge < -0.3 is 9.88 Å². The zero-order valence-electron chi connectivity index (χ0n) is 16.5. The minimum Gasteiger partial charge on any atom is -0.330 e. The molecule has 3 heterocycles. The number of thiazole rings is 1. The highest BCUT2D eigenvalue weighted by atomic mass is 32.1. The van der Waals surface area contributed by atoms with Crippen molar-refractivity contribution in [2.24, 2.45) is 0 Å². The van der Waals surface area contributed by atoms with Crippen molar-refractivity contribution in [1.82, 2.24) is 14.5 Å². The summed E-state index contributed by atoms with van der Waals surface area (Å²) >= 11 is 3.05. The molecule has 0 atom stereocenters. The van der Waals surface area contributed by atoms with Gasteiger partial charge in [-0.1, -0.05) is 26.0 Å². The Morgan fingerprint density at radius 2 is 2.14 bits per heavy atom. The van der Waals surface area contributed by atoms with E-state index in [9.17, 15) is 4.79 Å². The number of imidazole rings is 1. The molecule has 0 bridgehead atoms. The number of hydrogen-bond donors (Lipinski definition) is 1. The minimum atomic E-state index is -0.121. The second-order valence-corrected chi connectivity index (χ2v) is 8.95. The third kappa shape index (κ3) is 4.31. The van der Waals surface area contributed by atoms with Gasteiger partial charge in [0.15, 0.2) is 0 Å². The number of hydrogen-bond acceptors (Lipinski definition) is 5. The number of carbonyl (C=O) groups excluding carboxylic acids is 1. The van der Waals surface area contributed by atoms with Crippen LogP contribution in [0, 0.1) is 6.92 Å². The Hall–Kier alpha value is -2.77. The third-order valence-electron chi connectivity index (χ3n) is 4.57. The Labute approximate surface area is 178 Å².